The smallest absolute Gasteiger partial charge is 0.243 e. The highest BCUT2D eigenvalue weighted by Gasteiger charge is 2.26. The lowest BCUT2D eigenvalue weighted by atomic mass is 9.88. The SMILES string of the molecule is CC1CCC(NS(=O)(=O)c2cc(N)ccc2F)CC1. The molecule has 0 amide bonds. The molecule has 0 bridgehead atoms. The van der Waals surface area contributed by atoms with E-state index in [-0.39, 0.29) is 16.6 Å². The van der Waals surface area contributed by atoms with Crippen LogP contribution in [0.1, 0.15) is 32.6 Å². The lowest BCUT2D eigenvalue weighted by Crippen LogP contribution is -2.37. The predicted octanol–water partition coefficient (Wildman–Crippen LogP) is 2.26. The number of nitrogen functional groups attached to an aromatic ring is 1. The first kappa shape index (κ1) is 14.3. The molecular weight excluding hydrogens is 267 g/mol. The zero-order chi connectivity index (χ0) is 14.0. The van der Waals surface area contributed by atoms with Gasteiger partial charge >= 0.3 is 0 Å². The van der Waals surface area contributed by atoms with Crippen molar-refractivity contribution >= 4 is 15.7 Å². The summed E-state index contributed by atoms with van der Waals surface area (Å²) in [5.74, 6) is -0.143. The Morgan fingerprint density at radius 1 is 1.26 bits per heavy atom. The molecule has 6 heteroatoms. The number of hydrogen-bond acceptors (Lipinski definition) is 3. The summed E-state index contributed by atoms with van der Waals surface area (Å²) in [5, 5.41) is 0. The first-order chi connectivity index (χ1) is 8.88. The van der Waals surface area contributed by atoms with Gasteiger partial charge in [-0.25, -0.2) is 17.5 Å². The number of nitrogens with two attached hydrogens (primary N) is 1. The van der Waals surface area contributed by atoms with Gasteiger partial charge in [0.25, 0.3) is 0 Å². The van der Waals surface area contributed by atoms with E-state index in [1.54, 1.807) is 0 Å². The van der Waals surface area contributed by atoms with Crippen molar-refractivity contribution in [2.75, 3.05) is 5.73 Å². The summed E-state index contributed by atoms with van der Waals surface area (Å²) in [6.07, 6.45) is 3.58. The van der Waals surface area contributed by atoms with Gasteiger partial charge in [-0.15, -0.1) is 0 Å². The number of hydrogen-bond donors (Lipinski definition) is 2. The Bertz CT molecular complexity index is 552. The summed E-state index contributed by atoms with van der Waals surface area (Å²) in [4.78, 5) is -0.369. The van der Waals surface area contributed by atoms with Crippen LogP contribution in [0.15, 0.2) is 23.1 Å². The Morgan fingerprint density at radius 2 is 1.89 bits per heavy atom. The van der Waals surface area contributed by atoms with E-state index < -0.39 is 15.8 Å². The molecule has 0 saturated heterocycles. The van der Waals surface area contributed by atoms with Gasteiger partial charge in [0.05, 0.1) is 0 Å². The van der Waals surface area contributed by atoms with Crippen molar-refractivity contribution in [2.24, 2.45) is 5.92 Å². The third-order valence-corrected chi connectivity index (χ3v) is 5.12. The largest absolute Gasteiger partial charge is 0.399 e. The van der Waals surface area contributed by atoms with Gasteiger partial charge < -0.3 is 5.73 Å². The Kier molecular flexibility index (Phi) is 4.10. The van der Waals surface area contributed by atoms with Crippen molar-refractivity contribution < 1.29 is 12.8 Å². The summed E-state index contributed by atoms with van der Waals surface area (Å²) in [6, 6.07) is 3.47. The van der Waals surface area contributed by atoms with E-state index in [1.807, 2.05) is 0 Å². The summed E-state index contributed by atoms with van der Waals surface area (Å²) < 4.78 is 40.5. The van der Waals surface area contributed by atoms with Crippen LogP contribution in [0.25, 0.3) is 0 Å². The van der Waals surface area contributed by atoms with Crippen LogP contribution in [-0.4, -0.2) is 14.5 Å². The fourth-order valence-corrected chi connectivity index (χ4v) is 3.80. The molecule has 1 aliphatic carbocycles. The quantitative estimate of drug-likeness (QED) is 0.837. The van der Waals surface area contributed by atoms with Crippen LogP contribution in [0.5, 0.6) is 0 Å². The van der Waals surface area contributed by atoms with Crippen LogP contribution in [0.2, 0.25) is 0 Å². The molecule has 0 radical (unpaired) electrons. The number of rotatable bonds is 3. The Labute approximate surface area is 113 Å². The third kappa shape index (κ3) is 3.45. The van der Waals surface area contributed by atoms with Gasteiger partial charge in [-0.05, 0) is 49.8 Å². The minimum atomic E-state index is -3.84. The van der Waals surface area contributed by atoms with E-state index in [2.05, 4.69) is 11.6 Å². The van der Waals surface area contributed by atoms with Crippen molar-refractivity contribution in [3.05, 3.63) is 24.0 Å². The molecule has 1 fully saturated rings. The van der Waals surface area contributed by atoms with E-state index in [9.17, 15) is 12.8 Å². The Morgan fingerprint density at radius 3 is 2.53 bits per heavy atom. The molecule has 106 valence electrons. The van der Waals surface area contributed by atoms with Gasteiger partial charge in [-0.1, -0.05) is 6.92 Å². The Hall–Kier alpha value is -1.14. The molecule has 0 unspecified atom stereocenters. The normalized spacial score (nSPS) is 24.3. The second-order valence-electron chi connectivity index (χ2n) is 5.27. The summed E-state index contributed by atoms with van der Waals surface area (Å²) in [7, 11) is -3.84. The fraction of sp³-hybridized carbons (Fsp3) is 0.538. The molecule has 3 N–H and O–H groups in total. The van der Waals surface area contributed by atoms with Crippen LogP contribution >= 0.6 is 0 Å². The van der Waals surface area contributed by atoms with Crippen LogP contribution in [0, 0.1) is 11.7 Å². The molecule has 4 nitrogen and oxygen atoms in total. The average Bonchev–Trinajstić information content (AvgIpc) is 2.35. The van der Waals surface area contributed by atoms with Crippen LogP contribution in [0.3, 0.4) is 0 Å². The number of benzene rings is 1. The lowest BCUT2D eigenvalue weighted by molar-refractivity contribution is 0.332. The molecule has 0 atom stereocenters. The minimum absolute atomic E-state index is 0.109. The minimum Gasteiger partial charge on any atom is -0.399 e. The first-order valence-corrected chi connectivity index (χ1v) is 7.94. The molecular formula is C13H19FN2O2S. The predicted molar refractivity (Wildman–Crippen MR) is 72.6 cm³/mol. The number of sulfonamides is 1. The van der Waals surface area contributed by atoms with Crippen molar-refractivity contribution in [3.63, 3.8) is 0 Å². The summed E-state index contributed by atoms with van der Waals surface area (Å²) in [6.45, 7) is 2.16. The molecule has 1 aliphatic rings. The van der Waals surface area contributed by atoms with E-state index in [4.69, 9.17) is 5.73 Å². The number of anilines is 1. The molecule has 0 aromatic heterocycles. The lowest BCUT2D eigenvalue weighted by Gasteiger charge is -2.26. The second-order valence-corrected chi connectivity index (χ2v) is 6.95. The van der Waals surface area contributed by atoms with Crippen LogP contribution in [-0.2, 0) is 10.0 Å². The average molecular weight is 286 g/mol. The van der Waals surface area contributed by atoms with E-state index in [1.165, 1.54) is 6.07 Å². The molecule has 0 spiro atoms. The van der Waals surface area contributed by atoms with Crippen LogP contribution in [0.4, 0.5) is 10.1 Å². The molecule has 1 aromatic rings. The van der Waals surface area contributed by atoms with E-state index in [0.29, 0.717) is 5.92 Å². The van der Waals surface area contributed by atoms with E-state index in [0.717, 1.165) is 37.8 Å². The van der Waals surface area contributed by atoms with Crippen LogP contribution < -0.4 is 10.5 Å². The highest BCUT2D eigenvalue weighted by atomic mass is 32.2. The maximum absolute atomic E-state index is 13.6. The van der Waals surface area contributed by atoms with Gasteiger partial charge in [0.1, 0.15) is 10.7 Å². The number of nitrogens with one attached hydrogen (secondary N) is 1. The highest BCUT2D eigenvalue weighted by molar-refractivity contribution is 7.89. The van der Waals surface area contributed by atoms with Gasteiger partial charge in [0.15, 0.2) is 0 Å². The molecule has 1 aromatic carbocycles. The molecule has 0 aliphatic heterocycles. The Balaban J connectivity index is 2.16. The van der Waals surface area contributed by atoms with Gasteiger partial charge in [-0.2, -0.15) is 0 Å². The number of halogens is 1. The summed E-state index contributed by atoms with van der Waals surface area (Å²) >= 11 is 0. The third-order valence-electron chi connectivity index (χ3n) is 3.58. The molecule has 2 rings (SSSR count). The topological polar surface area (TPSA) is 72.2 Å². The zero-order valence-electron chi connectivity index (χ0n) is 10.9. The molecule has 0 heterocycles. The maximum atomic E-state index is 13.6. The monoisotopic (exact) mass is 286 g/mol. The molecule has 19 heavy (non-hydrogen) atoms. The standard InChI is InChI=1S/C13H19FN2O2S/c1-9-2-5-11(6-3-9)16-19(17,18)13-8-10(15)4-7-12(13)14/h4,7-9,11,16H,2-3,5-6,15H2,1H3. The highest BCUT2D eigenvalue weighted by Crippen LogP contribution is 2.25. The van der Waals surface area contributed by atoms with Gasteiger partial charge in [0, 0.05) is 11.7 Å². The van der Waals surface area contributed by atoms with Crippen molar-refractivity contribution in [1.82, 2.24) is 4.72 Å². The summed E-state index contributed by atoms with van der Waals surface area (Å²) in [5.41, 5.74) is 5.75. The zero-order valence-corrected chi connectivity index (χ0v) is 11.7. The van der Waals surface area contributed by atoms with Crippen molar-refractivity contribution in [2.45, 2.75) is 43.5 Å². The maximum Gasteiger partial charge on any atom is 0.243 e. The van der Waals surface area contributed by atoms with E-state index >= 15 is 0 Å². The van der Waals surface area contributed by atoms with Gasteiger partial charge in [-0.3, -0.25) is 0 Å². The van der Waals surface area contributed by atoms with Crippen molar-refractivity contribution in [1.29, 1.82) is 0 Å². The second kappa shape index (κ2) is 5.46. The van der Waals surface area contributed by atoms with Crippen molar-refractivity contribution in [3.8, 4) is 0 Å². The first-order valence-electron chi connectivity index (χ1n) is 6.46. The fourth-order valence-electron chi connectivity index (χ4n) is 2.39. The molecule has 1 saturated carbocycles. The van der Waals surface area contributed by atoms with Gasteiger partial charge in [0.2, 0.25) is 10.0 Å².